The van der Waals surface area contributed by atoms with Gasteiger partial charge in [0.05, 0.1) is 12.3 Å². The molecule has 3 aromatic rings. The maximum Gasteiger partial charge on any atom is 0.119 e. The van der Waals surface area contributed by atoms with E-state index < -0.39 is 0 Å². The number of aromatic nitrogens is 2. The molecule has 112 valence electrons. The standard InChI is InChI=1S/C19H20N2O/c1-15-18(14-16-8-4-2-5-9-16)21-19(20-15)12-13-22-17-10-6-3-7-11-17/h2-11H,12-14H2,1H3,(H,20,21). The fourth-order valence-electron chi connectivity index (χ4n) is 2.43. The summed E-state index contributed by atoms with van der Waals surface area (Å²) in [6.07, 6.45) is 1.65. The van der Waals surface area contributed by atoms with Gasteiger partial charge in [0.1, 0.15) is 11.6 Å². The van der Waals surface area contributed by atoms with E-state index in [0.717, 1.165) is 35.8 Å². The van der Waals surface area contributed by atoms with Crippen LogP contribution in [-0.4, -0.2) is 16.6 Å². The number of imidazole rings is 1. The summed E-state index contributed by atoms with van der Waals surface area (Å²) in [5.74, 6) is 1.88. The van der Waals surface area contributed by atoms with E-state index in [1.54, 1.807) is 0 Å². The van der Waals surface area contributed by atoms with Crippen LogP contribution >= 0.6 is 0 Å². The van der Waals surface area contributed by atoms with Gasteiger partial charge in [0.15, 0.2) is 0 Å². The number of ether oxygens (including phenoxy) is 1. The van der Waals surface area contributed by atoms with Crippen molar-refractivity contribution in [3.63, 3.8) is 0 Å². The minimum atomic E-state index is 0.627. The van der Waals surface area contributed by atoms with E-state index >= 15 is 0 Å². The number of nitrogens with one attached hydrogen (secondary N) is 1. The molecular formula is C19H20N2O. The minimum Gasteiger partial charge on any atom is -0.493 e. The second kappa shape index (κ2) is 6.94. The summed E-state index contributed by atoms with van der Waals surface area (Å²) >= 11 is 0. The van der Waals surface area contributed by atoms with Crippen molar-refractivity contribution in [3.8, 4) is 5.75 Å². The van der Waals surface area contributed by atoms with Gasteiger partial charge in [-0.1, -0.05) is 48.5 Å². The van der Waals surface area contributed by atoms with E-state index in [1.807, 2.05) is 36.4 Å². The molecule has 0 saturated heterocycles. The lowest BCUT2D eigenvalue weighted by Gasteiger charge is -2.03. The quantitative estimate of drug-likeness (QED) is 0.747. The molecule has 0 radical (unpaired) electrons. The molecule has 3 rings (SSSR count). The first-order valence-corrected chi connectivity index (χ1v) is 7.57. The van der Waals surface area contributed by atoms with Crippen molar-refractivity contribution in [1.29, 1.82) is 0 Å². The smallest absolute Gasteiger partial charge is 0.119 e. The summed E-state index contributed by atoms with van der Waals surface area (Å²) in [4.78, 5) is 8.06. The zero-order valence-electron chi connectivity index (χ0n) is 12.8. The van der Waals surface area contributed by atoms with Gasteiger partial charge in [-0.3, -0.25) is 0 Å². The van der Waals surface area contributed by atoms with Crippen molar-refractivity contribution in [2.75, 3.05) is 6.61 Å². The van der Waals surface area contributed by atoms with Crippen LogP contribution in [0.3, 0.4) is 0 Å². The van der Waals surface area contributed by atoms with E-state index in [0.29, 0.717) is 6.61 Å². The Hall–Kier alpha value is -2.55. The molecule has 0 bridgehead atoms. The number of aryl methyl sites for hydroxylation is 1. The molecule has 1 N–H and O–H groups in total. The van der Waals surface area contributed by atoms with Gasteiger partial charge in [-0.25, -0.2) is 4.98 Å². The van der Waals surface area contributed by atoms with Crippen LogP contribution in [0.15, 0.2) is 60.7 Å². The van der Waals surface area contributed by atoms with Crippen molar-refractivity contribution < 1.29 is 4.74 Å². The van der Waals surface area contributed by atoms with Crippen LogP contribution in [0.25, 0.3) is 0 Å². The topological polar surface area (TPSA) is 37.9 Å². The first-order valence-electron chi connectivity index (χ1n) is 7.57. The van der Waals surface area contributed by atoms with Gasteiger partial charge in [-0.15, -0.1) is 0 Å². The number of rotatable bonds is 6. The summed E-state index contributed by atoms with van der Waals surface area (Å²) in [7, 11) is 0. The van der Waals surface area contributed by atoms with Crippen molar-refractivity contribution >= 4 is 0 Å². The summed E-state index contributed by atoms with van der Waals surface area (Å²) in [6, 6.07) is 20.3. The Morgan fingerprint density at radius 1 is 0.955 bits per heavy atom. The molecule has 22 heavy (non-hydrogen) atoms. The first kappa shape index (κ1) is 14.4. The predicted molar refractivity (Wildman–Crippen MR) is 88.2 cm³/mol. The van der Waals surface area contributed by atoms with Crippen LogP contribution in [0, 0.1) is 6.92 Å². The summed E-state index contributed by atoms with van der Waals surface area (Å²) in [5, 5.41) is 0. The molecule has 3 heteroatoms. The Morgan fingerprint density at radius 2 is 1.64 bits per heavy atom. The molecular weight excluding hydrogens is 272 g/mol. The SMILES string of the molecule is Cc1[nH]c(CCOc2ccccc2)nc1Cc1ccccc1. The highest BCUT2D eigenvalue weighted by Gasteiger charge is 2.07. The highest BCUT2D eigenvalue weighted by atomic mass is 16.5. The third-order valence-corrected chi connectivity index (χ3v) is 3.60. The number of hydrogen-bond donors (Lipinski definition) is 1. The molecule has 0 fully saturated rings. The Balaban J connectivity index is 1.58. The minimum absolute atomic E-state index is 0.627. The van der Waals surface area contributed by atoms with Crippen LogP contribution in [0.5, 0.6) is 5.75 Å². The molecule has 0 atom stereocenters. The van der Waals surface area contributed by atoms with Crippen LogP contribution in [0.1, 0.15) is 22.8 Å². The Morgan fingerprint density at radius 3 is 2.36 bits per heavy atom. The van der Waals surface area contributed by atoms with Crippen LogP contribution in [-0.2, 0) is 12.8 Å². The van der Waals surface area contributed by atoms with E-state index in [1.165, 1.54) is 5.56 Å². The van der Waals surface area contributed by atoms with Gasteiger partial charge in [0, 0.05) is 18.5 Å². The van der Waals surface area contributed by atoms with E-state index in [4.69, 9.17) is 9.72 Å². The molecule has 3 nitrogen and oxygen atoms in total. The largest absolute Gasteiger partial charge is 0.493 e. The molecule has 1 heterocycles. The Bertz CT molecular complexity index is 705. The lowest BCUT2D eigenvalue weighted by Crippen LogP contribution is -2.02. The number of para-hydroxylation sites is 1. The lowest BCUT2D eigenvalue weighted by atomic mass is 10.1. The third-order valence-electron chi connectivity index (χ3n) is 3.60. The summed E-state index contributed by atoms with van der Waals surface area (Å²) < 4.78 is 5.72. The van der Waals surface area contributed by atoms with Gasteiger partial charge < -0.3 is 9.72 Å². The molecule has 0 aliphatic heterocycles. The second-order valence-electron chi connectivity index (χ2n) is 5.33. The number of nitrogens with zero attached hydrogens (tertiary/aromatic N) is 1. The van der Waals surface area contributed by atoms with Gasteiger partial charge in [-0.2, -0.15) is 0 Å². The fraction of sp³-hybridized carbons (Fsp3) is 0.211. The second-order valence-corrected chi connectivity index (χ2v) is 5.33. The highest BCUT2D eigenvalue weighted by Crippen LogP contribution is 2.13. The van der Waals surface area contributed by atoms with Crippen molar-refractivity contribution in [2.45, 2.75) is 19.8 Å². The third kappa shape index (κ3) is 3.76. The van der Waals surface area contributed by atoms with E-state index in [-0.39, 0.29) is 0 Å². The lowest BCUT2D eigenvalue weighted by molar-refractivity contribution is 0.319. The average molecular weight is 292 g/mol. The predicted octanol–water partition coefficient (Wildman–Crippen LogP) is 3.93. The normalized spacial score (nSPS) is 10.6. The van der Waals surface area contributed by atoms with Gasteiger partial charge in [0.25, 0.3) is 0 Å². The van der Waals surface area contributed by atoms with Crippen LogP contribution < -0.4 is 4.74 Å². The van der Waals surface area contributed by atoms with Gasteiger partial charge in [0.2, 0.25) is 0 Å². The number of aromatic amines is 1. The van der Waals surface area contributed by atoms with Crippen molar-refractivity contribution in [2.24, 2.45) is 0 Å². The van der Waals surface area contributed by atoms with Gasteiger partial charge in [-0.05, 0) is 24.6 Å². The van der Waals surface area contributed by atoms with E-state index in [2.05, 4.69) is 36.2 Å². The summed E-state index contributed by atoms with van der Waals surface area (Å²) in [6.45, 7) is 2.70. The van der Waals surface area contributed by atoms with Crippen molar-refractivity contribution in [1.82, 2.24) is 9.97 Å². The molecule has 0 spiro atoms. The fourth-order valence-corrected chi connectivity index (χ4v) is 2.43. The molecule has 2 aromatic carbocycles. The molecule has 0 aliphatic carbocycles. The zero-order chi connectivity index (χ0) is 15.2. The number of H-pyrrole nitrogens is 1. The van der Waals surface area contributed by atoms with Gasteiger partial charge >= 0.3 is 0 Å². The van der Waals surface area contributed by atoms with Crippen LogP contribution in [0.4, 0.5) is 0 Å². The molecule has 0 amide bonds. The van der Waals surface area contributed by atoms with Crippen molar-refractivity contribution in [3.05, 3.63) is 83.4 Å². The average Bonchev–Trinajstić information content (AvgIpc) is 2.89. The number of benzene rings is 2. The zero-order valence-corrected chi connectivity index (χ0v) is 12.8. The van der Waals surface area contributed by atoms with Crippen LogP contribution in [0.2, 0.25) is 0 Å². The number of hydrogen-bond acceptors (Lipinski definition) is 2. The highest BCUT2D eigenvalue weighted by molar-refractivity contribution is 5.25. The molecule has 0 aliphatic rings. The monoisotopic (exact) mass is 292 g/mol. The molecule has 1 aromatic heterocycles. The Kier molecular flexibility index (Phi) is 4.54. The molecule has 0 saturated carbocycles. The maximum atomic E-state index is 5.72. The Labute approximate surface area is 131 Å². The molecule has 0 unspecified atom stereocenters. The van der Waals surface area contributed by atoms with E-state index in [9.17, 15) is 0 Å². The first-order chi connectivity index (χ1) is 10.8. The summed E-state index contributed by atoms with van der Waals surface area (Å²) in [5.41, 5.74) is 3.53. The maximum absolute atomic E-state index is 5.72.